The van der Waals surface area contributed by atoms with Gasteiger partial charge in [0, 0.05) is 19.1 Å². The van der Waals surface area contributed by atoms with Crippen LogP contribution in [0.2, 0.25) is 0 Å². The molecule has 1 heterocycles. The summed E-state index contributed by atoms with van der Waals surface area (Å²) in [5, 5.41) is 8.99. The second-order valence-electron chi connectivity index (χ2n) is 4.95. The summed E-state index contributed by atoms with van der Waals surface area (Å²) in [6.45, 7) is 8.53. The Bertz CT molecular complexity index is 303. The maximum absolute atomic E-state index is 12.0. The van der Waals surface area contributed by atoms with Crippen LogP contribution in [0.1, 0.15) is 33.6 Å². The van der Waals surface area contributed by atoms with Crippen molar-refractivity contribution in [2.75, 3.05) is 26.2 Å². The Balaban J connectivity index is 2.49. The van der Waals surface area contributed by atoms with Gasteiger partial charge >= 0.3 is 5.97 Å². The summed E-state index contributed by atoms with van der Waals surface area (Å²) in [6.07, 6.45) is 1.28. The quantitative estimate of drug-likeness (QED) is 0.798. The van der Waals surface area contributed by atoms with Crippen molar-refractivity contribution in [3.05, 3.63) is 0 Å². The molecule has 0 aromatic heterocycles. The number of hydrogen-bond donors (Lipinski definition) is 1. The van der Waals surface area contributed by atoms with Crippen molar-refractivity contribution in [1.29, 1.82) is 0 Å². The summed E-state index contributed by atoms with van der Waals surface area (Å²) in [5.41, 5.74) is 0. The predicted octanol–water partition coefficient (Wildman–Crippen LogP) is 1.04. The molecule has 1 rings (SSSR count). The minimum atomic E-state index is -0.712. The molecule has 1 aliphatic rings. The van der Waals surface area contributed by atoms with Crippen LogP contribution in [-0.2, 0) is 9.59 Å². The fourth-order valence-electron chi connectivity index (χ4n) is 2.53. The van der Waals surface area contributed by atoms with Crippen molar-refractivity contribution >= 4 is 11.9 Å². The Hall–Kier alpha value is -1.10. The molecule has 1 N–H and O–H groups in total. The van der Waals surface area contributed by atoms with Crippen molar-refractivity contribution in [2.24, 2.45) is 5.92 Å². The summed E-state index contributed by atoms with van der Waals surface area (Å²) in [4.78, 5) is 26.9. The predicted molar refractivity (Wildman–Crippen MR) is 69.3 cm³/mol. The Morgan fingerprint density at radius 1 is 1.33 bits per heavy atom. The van der Waals surface area contributed by atoms with E-state index in [0.717, 1.165) is 13.1 Å². The molecule has 2 unspecified atom stereocenters. The van der Waals surface area contributed by atoms with Crippen LogP contribution >= 0.6 is 0 Å². The minimum absolute atomic E-state index is 0.139. The van der Waals surface area contributed by atoms with Gasteiger partial charge in [-0.05, 0) is 40.2 Å². The number of carboxylic acid groups (broad SMARTS) is 1. The minimum Gasteiger partial charge on any atom is -0.481 e. The number of likely N-dealkylation sites (N-methyl/N-ethyl adjacent to an activating group) is 1. The van der Waals surface area contributed by atoms with E-state index in [1.807, 2.05) is 25.7 Å². The zero-order valence-corrected chi connectivity index (χ0v) is 11.6. The maximum Gasteiger partial charge on any atom is 0.306 e. The molecule has 0 aromatic carbocycles. The van der Waals surface area contributed by atoms with E-state index in [0.29, 0.717) is 25.9 Å². The van der Waals surface area contributed by atoms with Gasteiger partial charge in [0.25, 0.3) is 0 Å². The highest BCUT2D eigenvalue weighted by molar-refractivity contribution is 5.78. The van der Waals surface area contributed by atoms with Crippen molar-refractivity contribution in [2.45, 2.75) is 39.7 Å². The highest BCUT2D eigenvalue weighted by Crippen LogP contribution is 2.22. The molecule has 0 saturated carbocycles. The van der Waals surface area contributed by atoms with Gasteiger partial charge in [0.15, 0.2) is 0 Å². The van der Waals surface area contributed by atoms with Crippen molar-refractivity contribution in [3.63, 3.8) is 0 Å². The monoisotopic (exact) mass is 256 g/mol. The Labute approximate surface area is 109 Å². The first-order valence-corrected chi connectivity index (χ1v) is 6.74. The molecule has 1 amide bonds. The van der Waals surface area contributed by atoms with Gasteiger partial charge in [0.05, 0.1) is 12.5 Å². The molecule has 0 spiro atoms. The van der Waals surface area contributed by atoms with Gasteiger partial charge in [0.2, 0.25) is 5.91 Å². The third kappa shape index (κ3) is 3.70. The van der Waals surface area contributed by atoms with Crippen LogP contribution < -0.4 is 0 Å². The average molecular weight is 256 g/mol. The van der Waals surface area contributed by atoms with Crippen molar-refractivity contribution < 1.29 is 14.7 Å². The highest BCUT2D eigenvalue weighted by atomic mass is 16.4. The van der Waals surface area contributed by atoms with E-state index >= 15 is 0 Å². The summed E-state index contributed by atoms with van der Waals surface area (Å²) in [6, 6.07) is 0.166. The first kappa shape index (κ1) is 15.0. The molecule has 5 heteroatoms. The fourth-order valence-corrected chi connectivity index (χ4v) is 2.53. The van der Waals surface area contributed by atoms with Crippen LogP contribution in [-0.4, -0.2) is 59.0 Å². The van der Waals surface area contributed by atoms with Crippen LogP contribution in [0.25, 0.3) is 0 Å². The number of aliphatic carboxylic acids is 1. The van der Waals surface area contributed by atoms with E-state index < -0.39 is 5.97 Å². The van der Waals surface area contributed by atoms with Gasteiger partial charge in [-0.15, -0.1) is 0 Å². The second-order valence-corrected chi connectivity index (χ2v) is 4.95. The Morgan fingerprint density at radius 3 is 2.39 bits per heavy atom. The molecule has 1 aliphatic heterocycles. The smallest absolute Gasteiger partial charge is 0.306 e. The van der Waals surface area contributed by atoms with Gasteiger partial charge in [-0.25, -0.2) is 0 Å². The number of carboxylic acids is 1. The molecule has 0 aromatic rings. The van der Waals surface area contributed by atoms with E-state index in [2.05, 4.69) is 4.90 Å². The van der Waals surface area contributed by atoms with Crippen molar-refractivity contribution in [3.8, 4) is 0 Å². The molecule has 0 radical (unpaired) electrons. The maximum atomic E-state index is 12.0. The van der Waals surface area contributed by atoms with E-state index in [-0.39, 0.29) is 17.9 Å². The Morgan fingerprint density at radius 2 is 1.94 bits per heavy atom. The summed E-state index contributed by atoms with van der Waals surface area (Å²) < 4.78 is 0. The van der Waals surface area contributed by atoms with E-state index in [4.69, 9.17) is 5.11 Å². The summed E-state index contributed by atoms with van der Waals surface area (Å²) in [7, 11) is 0. The number of amides is 1. The zero-order valence-electron chi connectivity index (χ0n) is 11.6. The number of rotatable bonds is 5. The number of likely N-dealkylation sites (tertiary alicyclic amines) is 1. The lowest BCUT2D eigenvalue weighted by Crippen LogP contribution is -2.48. The normalized spacial score (nSPS) is 24.8. The van der Waals surface area contributed by atoms with Crippen LogP contribution in [0, 0.1) is 5.92 Å². The van der Waals surface area contributed by atoms with Crippen LogP contribution in [0.5, 0.6) is 0 Å². The van der Waals surface area contributed by atoms with Crippen molar-refractivity contribution in [1.82, 2.24) is 9.80 Å². The van der Waals surface area contributed by atoms with Gasteiger partial charge in [0.1, 0.15) is 0 Å². The number of piperidine rings is 1. The van der Waals surface area contributed by atoms with E-state index in [9.17, 15) is 9.59 Å². The number of carbonyl (C=O) groups excluding carboxylic acids is 1. The zero-order chi connectivity index (χ0) is 13.7. The lowest BCUT2D eigenvalue weighted by molar-refractivity contribution is -0.144. The molecule has 1 fully saturated rings. The topological polar surface area (TPSA) is 60.9 Å². The third-order valence-electron chi connectivity index (χ3n) is 3.82. The molecule has 1 saturated heterocycles. The lowest BCUT2D eigenvalue weighted by Gasteiger charge is -2.36. The number of carbonyl (C=O) groups is 2. The first-order valence-electron chi connectivity index (χ1n) is 6.74. The number of hydrogen-bond acceptors (Lipinski definition) is 3. The van der Waals surface area contributed by atoms with Gasteiger partial charge in [-0.3, -0.25) is 14.5 Å². The van der Waals surface area contributed by atoms with Crippen LogP contribution in [0.15, 0.2) is 0 Å². The standard InChI is InChI=1S/C13H24N2O3/c1-4-14(5-2)12(16)9-15-7-6-11(13(17)18)8-10(15)3/h10-11H,4-9H2,1-3H3,(H,17,18). The molecule has 0 aliphatic carbocycles. The molecule has 18 heavy (non-hydrogen) atoms. The molecule has 5 nitrogen and oxygen atoms in total. The van der Waals surface area contributed by atoms with E-state index in [1.54, 1.807) is 0 Å². The van der Waals surface area contributed by atoms with Crippen LogP contribution in [0.4, 0.5) is 0 Å². The first-order chi connectivity index (χ1) is 8.49. The lowest BCUT2D eigenvalue weighted by atomic mass is 9.92. The van der Waals surface area contributed by atoms with Crippen LogP contribution in [0.3, 0.4) is 0 Å². The second kappa shape index (κ2) is 6.73. The molecule has 2 atom stereocenters. The summed E-state index contributed by atoms with van der Waals surface area (Å²) in [5.74, 6) is -0.822. The van der Waals surface area contributed by atoms with Gasteiger partial charge in [-0.2, -0.15) is 0 Å². The van der Waals surface area contributed by atoms with Gasteiger partial charge in [-0.1, -0.05) is 0 Å². The Kier molecular flexibility index (Phi) is 5.59. The molecule has 104 valence electrons. The molecular weight excluding hydrogens is 232 g/mol. The third-order valence-corrected chi connectivity index (χ3v) is 3.82. The highest BCUT2D eigenvalue weighted by Gasteiger charge is 2.30. The van der Waals surface area contributed by atoms with Gasteiger partial charge < -0.3 is 10.0 Å². The number of nitrogens with zero attached hydrogens (tertiary/aromatic N) is 2. The van der Waals surface area contributed by atoms with E-state index in [1.165, 1.54) is 0 Å². The largest absolute Gasteiger partial charge is 0.481 e. The average Bonchev–Trinajstić information content (AvgIpc) is 2.33. The molecule has 0 bridgehead atoms. The SMILES string of the molecule is CCN(CC)C(=O)CN1CCC(C(=O)O)CC1C. The summed E-state index contributed by atoms with van der Waals surface area (Å²) >= 11 is 0. The molecular formula is C13H24N2O3. The fraction of sp³-hybridized carbons (Fsp3) is 0.846.